The van der Waals surface area contributed by atoms with Crippen LogP contribution in [0.2, 0.25) is 0 Å². The Morgan fingerprint density at radius 1 is 1.30 bits per heavy atom. The molecule has 3 rings (SSSR count). The lowest BCUT2D eigenvalue weighted by Gasteiger charge is -2.25. The molecule has 0 aliphatic carbocycles. The minimum atomic E-state index is -1.53. The van der Waals surface area contributed by atoms with Crippen molar-refractivity contribution < 1.29 is 14.4 Å². The Bertz CT molecular complexity index is 962. The number of aryl methyl sites for hydroxylation is 2. The summed E-state index contributed by atoms with van der Waals surface area (Å²) in [7, 11) is 1.68. The maximum absolute atomic E-state index is 12.6. The molecule has 2 aromatic heterocycles. The molecule has 0 saturated carbocycles. The number of hydrogen-bond acceptors (Lipinski definition) is 5. The van der Waals surface area contributed by atoms with Crippen LogP contribution < -0.4 is 21.5 Å². The lowest BCUT2D eigenvalue weighted by Crippen LogP contribution is -2.54. The van der Waals surface area contributed by atoms with E-state index in [1.54, 1.807) is 23.9 Å². The second-order valence-corrected chi connectivity index (χ2v) is 6.37. The predicted octanol–water partition coefficient (Wildman–Crippen LogP) is -0.474. The van der Waals surface area contributed by atoms with Crippen LogP contribution in [-0.2, 0) is 23.8 Å². The van der Waals surface area contributed by atoms with Gasteiger partial charge in [-0.2, -0.15) is 0 Å². The molecule has 0 bridgehead atoms. The molecule has 0 aromatic carbocycles. The third-order valence-corrected chi connectivity index (χ3v) is 4.34. The largest absolute Gasteiger partial charge is 0.349 e. The number of rotatable bonds is 6. The lowest BCUT2D eigenvalue weighted by molar-refractivity contribution is -0.124. The first-order valence-electron chi connectivity index (χ1n) is 8.48. The minimum Gasteiger partial charge on any atom is -0.349 e. The summed E-state index contributed by atoms with van der Waals surface area (Å²) in [6.07, 6.45) is 4.57. The molecule has 3 heterocycles. The first-order chi connectivity index (χ1) is 12.9. The number of nitrogens with one attached hydrogen (secondary N) is 4. The highest BCUT2D eigenvalue weighted by Crippen LogP contribution is 2.22. The summed E-state index contributed by atoms with van der Waals surface area (Å²) in [5, 5.41) is 7.34. The number of imidazole rings is 1. The molecule has 1 fully saturated rings. The van der Waals surface area contributed by atoms with Gasteiger partial charge in [-0.25, -0.2) is 9.78 Å². The van der Waals surface area contributed by atoms with E-state index < -0.39 is 23.4 Å². The molecule has 4 N–H and O–H groups in total. The van der Waals surface area contributed by atoms with Gasteiger partial charge in [-0.3, -0.25) is 19.7 Å². The lowest BCUT2D eigenvalue weighted by atomic mass is 9.98. The second-order valence-electron chi connectivity index (χ2n) is 6.37. The molecule has 1 aliphatic heterocycles. The van der Waals surface area contributed by atoms with Gasteiger partial charge in [0, 0.05) is 36.8 Å². The maximum atomic E-state index is 12.6. The van der Waals surface area contributed by atoms with Crippen LogP contribution in [0.15, 0.2) is 29.3 Å². The Labute approximate surface area is 154 Å². The number of aromatic amines is 1. The third-order valence-electron chi connectivity index (χ3n) is 4.34. The number of H-pyrrole nitrogens is 1. The van der Waals surface area contributed by atoms with Crippen molar-refractivity contribution in [2.75, 3.05) is 6.54 Å². The van der Waals surface area contributed by atoms with E-state index >= 15 is 0 Å². The first-order valence-corrected chi connectivity index (χ1v) is 8.48. The molecule has 10 nitrogen and oxygen atoms in total. The van der Waals surface area contributed by atoms with Gasteiger partial charge >= 0.3 is 6.03 Å². The van der Waals surface area contributed by atoms with Crippen LogP contribution in [0.1, 0.15) is 35.2 Å². The van der Waals surface area contributed by atoms with Gasteiger partial charge in [0.25, 0.3) is 11.8 Å². The number of imide groups is 1. The average Bonchev–Trinajstić information content (AvgIpc) is 3.15. The summed E-state index contributed by atoms with van der Waals surface area (Å²) in [4.78, 5) is 55.3. The Balaban J connectivity index is 1.86. The quantitative estimate of drug-likeness (QED) is 0.508. The first kappa shape index (κ1) is 18.4. The molecule has 1 atom stereocenters. The van der Waals surface area contributed by atoms with Crippen molar-refractivity contribution in [3.63, 3.8) is 0 Å². The van der Waals surface area contributed by atoms with Crippen LogP contribution in [0.25, 0.3) is 0 Å². The molecule has 10 heteroatoms. The maximum Gasteiger partial charge on any atom is 0.322 e. The minimum absolute atomic E-state index is 0.182. The molecular formula is C17H20N6O4. The number of hydrogen-bond donors (Lipinski definition) is 4. The van der Waals surface area contributed by atoms with E-state index in [9.17, 15) is 19.2 Å². The van der Waals surface area contributed by atoms with Crippen molar-refractivity contribution in [3.05, 3.63) is 52.0 Å². The smallest absolute Gasteiger partial charge is 0.322 e. The Hall–Kier alpha value is -3.43. The van der Waals surface area contributed by atoms with Gasteiger partial charge in [0.15, 0.2) is 5.54 Å². The monoisotopic (exact) mass is 372 g/mol. The summed E-state index contributed by atoms with van der Waals surface area (Å²) >= 11 is 0. The fourth-order valence-electron chi connectivity index (χ4n) is 3.08. The molecular weight excluding hydrogens is 352 g/mol. The normalized spacial score (nSPS) is 18.9. The summed E-state index contributed by atoms with van der Waals surface area (Å²) in [6, 6.07) is 2.12. The number of urea groups is 1. The van der Waals surface area contributed by atoms with Gasteiger partial charge in [0.05, 0.1) is 6.54 Å². The molecule has 0 spiro atoms. The highest BCUT2D eigenvalue weighted by atomic mass is 16.2. The van der Waals surface area contributed by atoms with Crippen molar-refractivity contribution >= 4 is 17.8 Å². The van der Waals surface area contributed by atoms with E-state index in [1.165, 1.54) is 12.3 Å². The number of aromatic nitrogens is 3. The summed E-state index contributed by atoms with van der Waals surface area (Å²) in [5.74, 6) is -0.857. The SMILES string of the molecule is CCCc1cc(C(=O)NCC2(c3nccn3C)NC(=O)NC2=O)cc(=O)[nH]1. The third kappa shape index (κ3) is 3.46. The van der Waals surface area contributed by atoms with Gasteiger partial charge in [-0.05, 0) is 12.5 Å². The van der Waals surface area contributed by atoms with Crippen LogP contribution in [0, 0.1) is 0 Å². The van der Waals surface area contributed by atoms with Gasteiger partial charge in [0.1, 0.15) is 5.82 Å². The number of pyridine rings is 1. The van der Waals surface area contributed by atoms with Crippen molar-refractivity contribution in [1.29, 1.82) is 0 Å². The zero-order valence-electron chi connectivity index (χ0n) is 15.0. The van der Waals surface area contributed by atoms with Crippen LogP contribution in [0.4, 0.5) is 4.79 Å². The van der Waals surface area contributed by atoms with E-state index in [1.807, 2.05) is 6.92 Å². The van der Waals surface area contributed by atoms with E-state index in [2.05, 4.69) is 25.9 Å². The second kappa shape index (κ2) is 7.06. The topological polar surface area (TPSA) is 138 Å². The average molecular weight is 372 g/mol. The van der Waals surface area contributed by atoms with Crippen LogP contribution in [-0.4, -0.2) is 38.9 Å². The molecule has 142 valence electrons. The molecule has 4 amide bonds. The summed E-state index contributed by atoms with van der Waals surface area (Å²) in [5.41, 5.74) is -1.07. The zero-order valence-corrected chi connectivity index (χ0v) is 15.0. The molecule has 2 aromatic rings. The highest BCUT2D eigenvalue weighted by molar-refractivity contribution is 6.07. The van der Waals surface area contributed by atoms with Crippen LogP contribution in [0.3, 0.4) is 0 Å². The number of nitrogens with zero attached hydrogens (tertiary/aromatic N) is 2. The van der Waals surface area contributed by atoms with Crippen LogP contribution in [0.5, 0.6) is 0 Å². The van der Waals surface area contributed by atoms with Crippen molar-refractivity contribution in [2.45, 2.75) is 25.3 Å². The van der Waals surface area contributed by atoms with Crippen molar-refractivity contribution in [2.24, 2.45) is 7.05 Å². The van der Waals surface area contributed by atoms with Crippen LogP contribution >= 0.6 is 0 Å². The molecule has 27 heavy (non-hydrogen) atoms. The van der Waals surface area contributed by atoms with Gasteiger partial charge in [-0.15, -0.1) is 0 Å². The van der Waals surface area contributed by atoms with Gasteiger partial charge in [-0.1, -0.05) is 13.3 Å². The fourth-order valence-corrected chi connectivity index (χ4v) is 3.08. The molecule has 0 radical (unpaired) electrons. The van der Waals surface area contributed by atoms with Crippen molar-refractivity contribution in [3.8, 4) is 0 Å². The fraction of sp³-hybridized carbons (Fsp3) is 0.353. The number of amides is 4. The standard InChI is InChI=1S/C17H20N6O4/c1-3-4-11-7-10(8-12(24)20-11)13(25)19-9-17(14-18-5-6-23(14)2)15(26)21-16(27)22-17/h5-8H,3-4,9H2,1-2H3,(H,19,25)(H,20,24)(H2,21,22,26,27). The van der Waals surface area contributed by atoms with Gasteiger partial charge in [0.2, 0.25) is 5.56 Å². The molecule has 1 unspecified atom stereocenters. The predicted molar refractivity (Wildman–Crippen MR) is 95.0 cm³/mol. The number of carbonyl (C=O) groups excluding carboxylic acids is 3. The van der Waals surface area contributed by atoms with E-state index in [-0.39, 0.29) is 23.5 Å². The molecule has 1 saturated heterocycles. The Morgan fingerprint density at radius 3 is 2.67 bits per heavy atom. The van der Waals surface area contributed by atoms with E-state index in [0.717, 1.165) is 6.42 Å². The Kier molecular flexibility index (Phi) is 4.80. The van der Waals surface area contributed by atoms with Crippen molar-refractivity contribution in [1.82, 2.24) is 30.5 Å². The number of carbonyl (C=O) groups is 3. The zero-order chi connectivity index (χ0) is 19.6. The van der Waals surface area contributed by atoms with E-state index in [4.69, 9.17) is 0 Å². The summed E-state index contributed by atoms with van der Waals surface area (Å²) < 4.78 is 1.59. The Morgan fingerprint density at radius 2 is 2.07 bits per heavy atom. The molecule has 1 aliphatic rings. The van der Waals surface area contributed by atoms with E-state index in [0.29, 0.717) is 12.1 Å². The van der Waals surface area contributed by atoms with Gasteiger partial charge < -0.3 is 20.2 Å². The highest BCUT2D eigenvalue weighted by Gasteiger charge is 2.50. The summed E-state index contributed by atoms with van der Waals surface area (Å²) in [6.45, 7) is 1.74.